The Labute approximate surface area is 160 Å². The summed E-state index contributed by atoms with van der Waals surface area (Å²) in [7, 11) is -3.11. The van der Waals surface area contributed by atoms with Crippen LogP contribution >= 0.6 is 0 Å². The van der Waals surface area contributed by atoms with Gasteiger partial charge in [0.2, 0.25) is 5.91 Å². The second kappa shape index (κ2) is 9.62. The van der Waals surface area contributed by atoms with Crippen molar-refractivity contribution in [3.05, 3.63) is 0 Å². The Morgan fingerprint density at radius 3 is 2.26 bits per heavy atom. The van der Waals surface area contributed by atoms with Crippen molar-refractivity contribution < 1.29 is 32.9 Å². The molecule has 0 aromatic carbocycles. The molecule has 0 aromatic rings. The quantitative estimate of drug-likeness (QED) is 0.480. The van der Waals surface area contributed by atoms with Crippen molar-refractivity contribution in [2.24, 2.45) is 11.8 Å². The van der Waals surface area contributed by atoms with Crippen LogP contribution in [0.2, 0.25) is 0 Å². The van der Waals surface area contributed by atoms with Crippen LogP contribution in [-0.2, 0) is 14.6 Å². The zero-order chi connectivity index (χ0) is 20.2. The van der Waals surface area contributed by atoms with Crippen LogP contribution in [0.5, 0.6) is 0 Å². The molecule has 27 heavy (non-hydrogen) atoms. The summed E-state index contributed by atoms with van der Waals surface area (Å²) in [5, 5.41) is 31.8. The van der Waals surface area contributed by atoms with Gasteiger partial charge in [-0.15, -0.1) is 0 Å². The number of hydrogen-bond donors (Lipinski definition) is 4. The molecule has 158 valence electrons. The van der Waals surface area contributed by atoms with Crippen LogP contribution in [0.1, 0.15) is 51.4 Å². The number of sulfone groups is 1. The highest BCUT2D eigenvalue weighted by Gasteiger charge is 2.35. The first-order valence-electron chi connectivity index (χ1n) is 9.70. The van der Waals surface area contributed by atoms with Gasteiger partial charge in [0, 0.05) is 12.7 Å². The second-order valence-corrected chi connectivity index (χ2v) is 10.5. The summed E-state index contributed by atoms with van der Waals surface area (Å²) in [6, 6.07) is -1.02. The number of carbonyl (C=O) groups is 1. The molecule has 2 rings (SSSR count). The number of alkyl halides is 1. The highest BCUT2D eigenvalue weighted by molar-refractivity contribution is 7.91. The summed E-state index contributed by atoms with van der Waals surface area (Å²) in [6.07, 6.45) is 1.89. The van der Waals surface area contributed by atoms with Crippen molar-refractivity contribution in [2.45, 2.75) is 81.0 Å². The molecule has 0 aliphatic heterocycles. The smallest absolute Gasteiger partial charge is 0.220 e. The lowest BCUT2D eigenvalue weighted by Gasteiger charge is -2.34. The monoisotopic (exact) mass is 409 g/mol. The average Bonchev–Trinajstić information content (AvgIpc) is 2.61. The highest BCUT2D eigenvalue weighted by Crippen LogP contribution is 2.32. The van der Waals surface area contributed by atoms with Gasteiger partial charge >= 0.3 is 0 Å². The zero-order valence-electron chi connectivity index (χ0n) is 15.8. The van der Waals surface area contributed by atoms with Crippen LogP contribution in [0, 0.1) is 11.8 Å². The lowest BCUT2D eigenvalue weighted by atomic mass is 9.82. The van der Waals surface area contributed by atoms with Gasteiger partial charge in [-0.05, 0) is 56.8 Å². The Morgan fingerprint density at radius 2 is 1.74 bits per heavy atom. The predicted molar refractivity (Wildman–Crippen MR) is 98.5 cm³/mol. The van der Waals surface area contributed by atoms with E-state index < -0.39 is 46.1 Å². The Hall–Kier alpha value is -0.770. The van der Waals surface area contributed by atoms with Gasteiger partial charge in [0.1, 0.15) is 16.5 Å². The van der Waals surface area contributed by atoms with Gasteiger partial charge in [0.25, 0.3) is 0 Å². The fourth-order valence-electron chi connectivity index (χ4n) is 4.33. The van der Waals surface area contributed by atoms with Gasteiger partial charge in [-0.2, -0.15) is 0 Å². The summed E-state index contributed by atoms with van der Waals surface area (Å²) >= 11 is 0. The molecule has 2 aliphatic carbocycles. The number of rotatable bonds is 7. The maximum absolute atomic E-state index is 13.4. The normalized spacial score (nSPS) is 34.6. The van der Waals surface area contributed by atoms with E-state index in [0.29, 0.717) is 44.9 Å². The fourth-order valence-corrected chi connectivity index (χ4v) is 5.46. The summed E-state index contributed by atoms with van der Waals surface area (Å²) in [6.45, 7) is -0.898. The predicted octanol–water partition coefficient (Wildman–Crippen LogP) is 0.317. The second-order valence-electron chi connectivity index (χ2n) is 8.20. The van der Waals surface area contributed by atoms with Crippen LogP contribution in [-0.4, -0.2) is 72.2 Å². The molecule has 0 spiro atoms. The fraction of sp³-hybridized carbons (Fsp3) is 0.944. The van der Waals surface area contributed by atoms with Gasteiger partial charge in [-0.3, -0.25) is 4.79 Å². The number of hydrogen-bond acceptors (Lipinski definition) is 6. The molecule has 5 atom stereocenters. The maximum atomic E-state index is 13.4. The molecule has 4 N–H and O–H groups in total. The van der Waals surface area contributed by atoms with Crippen molar-refractivity contribution in [2.75, 3.05) is 12.9 Å². The number of aliphatic hydroxyl groups is 3. The summed E-state index contributed by atoms with van der Waals surface area (Å²) in [5.41, 5.74) is 0. The first-order chi connectivity index (χ1) is 12.6. The third-order valence-corrected chi connectivity index (χ3v) is 7.78. The van der Waals surface area contributed by atoms with Gasteiger partial charge in [-0.1, -0.05) is 0 Å². The first-order valence-corrected chi connectivity index (χ1v) is 11.7. The van der Waals surface area contributed by atoms with Crippen molar-refractivity contribution in [3.8, 4) is 0 Å². The molecule has 0 saturated heterocycles. The van der Waals surface area contributed by atoms with E-state index in [4.69, 9.17) is 0 Å². The molecule has 7 nitrogen and oxygen atoms in total. The summed E-state index contributed by atoms with van der Waals surface area (Å²) in [4.78, 5) is 12.2. The molecule has 2 aliphatic rings. The summed E-state index contributed by atoms with van der Waals surface area (Å²) < 4.78 is 36.7. The van der Waals surface area contributed by atoms with E-state index in [1.54, 1.807) is 0 Å². The Kier molecular flexibility index (Phi) is 8.03. The van der Waals surface area contributed by atoms with E-state index in [1.807, 2.05) is 0 Å². The van der Waals surface area contributed by atoms with Crippen molar-refractivity contribution >= 4 is 15.7 Å². The summed E-state index contributed by atoms with van der Waals surface area (Å²) in [5.74, 6) is -0.697. The van der Waals surface area contributed by atoms with E-state index in [0.717, 1.165) is 0 Å². The highest BCUT2D eigenvalue weighted by atomic mass is 32.2. The minimum Gasteiger partial charge on any atom is -0.391 e. The van der Waals surface area contributed by atoms with Crippen molar-refractivity contribution in [1.82, 2.24) is 5.32 Å². The molecule has 0 radical (unpaired) electrons. The van der Waals surface area contributed by atoms with Gasteiger partial charge < -0.3 is 20.6 Å². The number of aliphatic hydroxyl groups excluding tert-OH is 3. The lowest BCUT2D eigenvalue weighted by molar-refractivity contribution is -0.125. The molecule has 0 heterocycles. The van der Waals surface area contributed by atoms with Crippen LogP contribution in [0.4, 0.5) is 4.39 Å². The largest absolute Gasteiger partial charge is 0.391 e. The van der Waals surface area contributed by atoms with Gasteiger partial charge in [-0.25, -0.2) is 12.8 Å². The SMILES string of the molecule is CS(=O)(=O)C1CCC([C@H](O)C(CF)NC(=O)CC2CCC(O)C(O)C2)CC1. The third-order valence-electron chi connectivity index (χ3n) is 6.10. The first kappa shape index (κ1) is 22.5. The molecule has 0 bridgehead atoms. The van der Waals surface area contributed by atoms with Crippen LogP contribution < -0.4 is 5.32 Å². The molecule has 9 heteroatoms. The molecule has 1 amide bonds. The van der Waals surface area contributed by atoms with E-state index in [2.05, 4.69) is 5.32 Å². The molecule has 0 aromatic heterocycles. The average molecular weight is 410 g/mol. The van der Waals surface area contributed by atoms with Crippen LogP contribution in [0.15, 0.2) is 0 Å². The van der Waals surface area contributed by atoms with E-state index in [1.165, 1.54) is 6.26 Å². The maximum Gasteiger partial charge on any atom is 0.220 e. The Balaban J connectivity index is 1.82. The minimum absolute atomic E-state index is 0.0778. The Bertz CT molecular complexity index is 593. The Morgan fingerprint density at radius 1 is 1.11 bits per heavy atom. The van der Waals surface area contributed by atoms with Gasteiger partial charge in [0.15, 0.2) is 0 Å². The molecular weight excluding hydrogens is 377 g/mol. The number of carbonyl (C=O) groups excluding carboxylic acids is 1. The zero-order valence-corrected chi connectivity index (χ0v) is 16.6. The van der Waals surface area contributed by atoms with Crippen LogP contribution in [0.3, 0.4) is 0 Å². The lowest BCUT2D eigenvalue weighted by Crippen LogP contribution is -2.49. The third kappa shape index (κ3) is 6.37. The standard InChI is InChI=1S/C18H32FNO6S/c1-27(25,26)13-5-3-12(4-6-13)18(24)14(10-19)20-17(23)9-11-2-7-15(21)16(22)8-11/h11-16,18,21-22,24H,2-10H2,1H3,(H,20,23)/t11?,12?,13?,14?,15?,16?,18-/m0/s1. The number of halogens is 1. The molecule has 4 unspecified atom stereocenters. The van der Waals surface area contributed by atoms with Crippen LogP contribution in [0.25, 0.3) is 0 Å². The van der Waals surface area contributed by atoms with Crippen molar-refractivity contribution in [1.29, 1.82) is 0 Å². The van der Waals surface area contributed by atoms with E-state index in [9.17, 15) is 32.9 Å². The van der Waals surface area contributed by atoms with E-state index in [-0.39, 0.29) is 24.2 Å². The van der Waals surface area contributed by atoms with Crippen molar-refractivity contribution in [3.63, 3.8) is 0 Å². The number of amides is 1. The minimum atomic E-state index is -3.11. The molecule has 2 fully saturated rings. The van der Waals surface area contributed by atoms with Gasteiger partial charge in [0.05, 0.1) is 29.6 Å². The molecular formula is C18H32FNO6S. The topological polar surface area (TPSA) is 124 Å². The molecule has 2 saturated carbocycles. The van der Waals surface area contributed by atoms with E-state index >= 15 is 0 Å². The number of nitrogens with one attached hydrogen (secondary N) is 1.